The van der Waals surface area contributed by atoms with Crippen LogP contribution < -0.4 is 5.32 Å². The van der Waals surface area contributed by atoms with E-state index in [2.05, 4.69) is 59.2 Å². The lowest BCUT2D eigenvalue weighted by Crippen LogP contribution is -2.26. The highest BCUT2D eigenvalue weighted by Gasteiger charge is 2.35. The Bertz CT molecular complexity index is 984. The second-order valence-electron chi connectivity index (χ2n) is 6.47. The Morgan fingerprint density at radius 2 is 1.92 bits per heavy atom. The standard InChI is InChI=1S/C21H17NOS/c23-17-8-3-7-15-19-14-6-2-1-5-13(14)10-11-16(19)22-21(20(15)17)18-9-4-12-24-18/h1-2,4-6,9-12,21-22H,3,7-8H2. The molecule has 0 amide bonds. The molecule has 0 saturated carbocycles. The number of benzene rings is 2. The molecule has 0 bridgehead atoms. The number of rotatable bonds is 1. The van der Waals surface area contributed by atoms with Gasteiger partial charge in [0.25, 0.3) is 0 Å². The molecule has 2 aliphatic rings. The van der Waals surface area contributed by atoms with E-state index in [1.54, 1.807) is 11.3 Å². The quantitative estimate of drug-likeness (QED) is 0.631. The molecule has 2 aromatic carbocycles. The van der Waals surface area contributed by atoms with Gasteiger partial charge in [-0.05, 0) is 46.7 Å². The first-order valence-corrected chi connectivity index (χ1v) is 9.29. The monoisotopic (exact) mass is 331 g/mol. The zero-order valence-electron chi connectivity index (χ0n) is 13.2. The molecule has 0 spiro atoms. The zero-order chi connectivity index (χ0) is 16.1. The van der Waals surface area contributed by atoms with Crippen LogP contribution in [-0.4, -0.2) is 5.78 Å². The lowest BCUT2D eigenvalue weighted by atomic mass is 9.78. The van der Waals surface area contributed by atoms with Crippen molar-refractivity contribution >= 4 is 39.2 Å². The molecule has 1 unspecified atom stereocenters. The van der Waals surface area contributed by atoms with Crippen LogP contribution in [0.15, 0.2) is 59.5 Å². The maximum Gasteiger partial charge on any atom is 0.161 e. The Balaban J connectivity index is 1.82. The van der Waals surface area contributed by atoms with Gasteiger partial charge in [0.1, 0.15) is 0 Å². The first kappa shape index (κ1) is 14.0. The summed E-state index contributed by atoms with van der Waals surface area (Å²) in [5, 5.41) is 8.22. The average Bonchev–Trinajstić information content (AvgIpc) is 3.15. The Morgan fingerprint density at radius 3 is 2.79 bits per heavy atom. The van der Waals surface area contributed by atoms with E-state index in [1.165, 1.54) is 26.8 Å². The molecule has 118 valence electrons. The molecule has 0 fully saturated rings. The highest BCUT2D eigenvalue weighted by atomic mass is 32.1. The van der Waals surface area contributed by atoms with E-state index in [0.29, 0.717) is 12.2 Å². The molecule has 3 heteroatoms. The van der Waals surface area contributed by atoms with Crippen molar-refractivity contribution < 1.29 is 4.79 Å². The van der Waals surface area contributed by atoms with Gasteiger partial charge in [0, 0.05) is 28.1 Å². The number of thiophene rings is 1. The van der Waals surface area contributed by atoms with Crippen LogP contribution in [0.1, 0.15) is 35.7 Å². The van der Waals surface area contributed by atoms with Gasteiger partial charge in [-0.15, -0.1) is 11.3 Å². The average molecular weight is 331 g/mol. The van der Waals surface area contributed by atoms with E-state index in [9.17, 15) is 4.79 Å². The van der Waals surface area contributed by atoms with Crippen molar-refractivity contribution in [2.24, 2.45) is 0 Å². The van der Waals surface area contributed by atoms with Gasteiger partial charge < -0.3 is 5.32 Å². The van der Waals surface area contributed by atoms with Crippen molar-refractivity contribution in [3.63, 3.8) is 0 Å². The van der Waals surface area contributed by atoms with Gasteiger partial charge in [-0.3, -0.25) is 4.79 Å². The molecule has 1 atom stereocenters. The van der Waals surface area contributed by atoms with Crippen molar-refractivity contribution in [2.45, 2.75) is 25.3 Å². The molecule has 24 heavy (non-hydrogen) atoms. The summed E-state index contributed by atoms with van der Waals surface area (Å²) in [7, 11) is 0. The smallest absolute Gasteiger partial charge is 0.161 e. The van der Waals surface area contributed by atoms with Crippen molar-refractivity contribution in [1.82, 2.24) is 0 Å². The van der Waals surface area contributed by atoms with Gasteiger partial charge in [0.2, 0.25) is 0 Å². The molecule has 1 aliphatic carbocycles. The van der Waals surface area contributed by atoms with Crippen molar-refractivity contribution in [2.75, 3.05) is 5.32 Å². The zero-order valence-corrected chi connectivity index (χ0v) is 14.0. The third-order valence-corrected chi connectivity index (χ3v) is 6.04. The van der Waals surface area contributed by atoms with E-state index in [4.69, 9.17) is 0 Å². The van der Waals surface area contributed by atoms with Gasteiger partial charge in [-0.2, -0.15) is 0 Å². The fourth-order valence-electron chi connectivity index (χ4n) is 4.07. The Morgan fingerprint density at radius 1 is 1.00 bits per heavy atom. The molecular formula is C21H17NOS. The summed E-state index contributed by atoms with van der Waals surface area (Å²) in [5.41, 5.74) is 4.65. The first-order valence-electron chi connectivity index (χ1n) is 8.41. The number of ketones is 1. The molecular weight excluding hydrogens is 314 g/mol. The molecule has 0 saturated heterocycles. The first-order chi connectivity index (χ1) is 11.8. The molecule has 1 aliphatic heterocycles. The fraction of sp³-hybridized carbons (Fsp3) is 0.190. The number of allylic oxidation sites excluding steroid dienone is 1. The molecule has 2 nitrogen and oxygen atoms in total. The Hall–Kier alpha value is -2.39. The summed E-state index contributed by atoms with van der Waals surface area (Å²) < 4.78 is 0. The largest absolute Gasteiger partial charge is 0.373 e. The second-order valence-corrected chi connectivity index (χ2v) is 7.45. The molecule has 1 aromatic heterocycles. The maximum absolute atomic E-state index is 12.8. The van der Waals surface area contributed by atoms with Gasteiger partial charge in [0.15, 0.2) is 5.78 Å². The van der Waals surface area contributed by atoms with Crippen LogP contribution in [0.5, 0.6) is 0 Å². The van der Waals surface area contributed by atoms with Gasteiger partial charge in [-0.1, -0.05) is 36.4 Å². The Kier molecular flexibility index (Phi) is 3.10. The Labute approximate surface area is 144 Å². The minimum absolute atomic E-state index is 0.00135. The summed E-state index contributed by atoms with van der Waals surface area (Å²) in [4.78, 5) is 14.0. The highest BCUT2D eigenvalue weighted by Crippen LogP contribution is 2.48. The molecule has 3 aromatic rings. The van der Waals surface area contributed by atoms with Gasteiger partial charge in [-0.25, -0.2) is 0 Å². The summed E-state index contributed by atoms with van der Waals surface area (Å²) in [6.45, 7) is 0. The van der Waals surface area contributed by atoms with Crippen molar-refractivity contribution in [3.8, 4) is 0 Å². The van der Waals surface area contributed by atoms with Gasteiger partial charge >= 0.3 is 0 Å². The number of carbonyl (C=O) groups excluding carboxylic acids is 1. The predicted molar refractivity (Wildman–Crippen MR) is 100 cm³/mol. The van der Waals surface area contributed by atoms with Crippen molar-refractivity contribution in [1.29, 1.82) is 0 Å². The maximum atomic E-state index is 12.8. The molecule has 1 N–H and O–H groups in total. The van der Waals surface area contributed by atoms with Crippen LogP contribution in [0.3, 0.4) is 0 Å². The van der Waals surface area contributed by atoms with Crippen LogP contribution in [0.25, 0.3) is 16.3 Å². The summed E-state index contributed by atoms with van der Waals surface area (Å²) >= 11 is 1.72. The van der Waals surface area contributed by atoms with E-state index in [1.807, 2.05) is 0 Å². The van der Waals surface area contributed by atoms with E-state index in [0.717, 1.165) is 24.1 Å². The number of fused-ring (bicyclic) bond motifs is 4. The molecule has 2 heterocycles. The van der Waals surface area contributed by atoms with Gasteiger partial charge in [0.05, 0.1) is 6.04 Å². The number of hydrogen-bond acceptors (Lipinski definition) is 3. The third kappa shape index (κ3) is 1.98. The minimum atomic E-state index is 0.00135. The number of carbonyl (C=O) groups is 1. The minimum Gasteiger partial charge on any atom is -0.373 e. The molecule has 5 rings (SSSR count). The number of hydrogen-bond donors (Lipinski definition) is 1. The van der Waals surface area contributed by atoms with E-state index < -0.39 is 0 Å². The van der Waals surface area contributed by atoms with Crippen LogP contribution in [0.4, 0.5) is 5.69 Å². The van der Waals surface area contributed by atoms with E-state index >= 15 is 0 Å². The topological polar surface area (TPSA) is 29.1 Å². The lowest BCUT2D eigenvalue weighted by Gasteiger charge is -2.34. The third-order valence-electron chi connectivity index (χ3n) is 5.10. The van der Waals surface area contributed by atoms with Crippen LogP contribution in [0.2, 0.25) is 0 Å². The SMILES string of the molecule is O=C1CCCC2=C1C(c1cccs1)Nc1ccc3ccccc3c12. The normalized spacial score (nSPS) is 19.8. The number of anilines is 1. The summed E-state index contributed by atoms with van der Waals surface area (Å²) in [6.07, 6.45) is 2.62. The highest BCUT2D eigenvalue weighted by molar-refractivity contribution is 7.10. The predicted octanol–water partition coefficient (Wildman–Crippen LogP) is 5.57. The van der Waals surface area contributed by atoms with Crippen LogP contribution >= 0.6 is 11.3 Å². The van der Waals surface area contributed by atoms with Crippen LogP contribution in [0, 0.1) is 0 Å². The number of Topliss-reactive ketones (excluding diaryl/α,β-unsaturated/α-hetero) is 1. The molecule has 0 radical (unpaired) electrons. The lowest BCUT2D eigenvalue weighted by molar-refractivity contribution is -0.116. The summed E-state index contributed by atoms with van der Waals surface area (Å²) in [6, 6.07) is 17.0. The number of nitrogens with one attached hydrogen (secondary N) is 1. The summed E-state index contributed by atoms with van der Waals surface area (Å²) in [5.74, 6) is 0.306. The van der Waals surface area contributed by atoms with Crippen LogP contribution in [-0.2, 0) is 4.79 Å². The van der Waals surface area contributed by atoms with E-state index in [-0.39, 0.29) is 6.04 Å². The second kappa shape index (κ2) is 5.32. The fourth-order valence-corrected chi connectivity index (χ4v) is 4.86. The van der Waals surface area contributed by atoms with Crippen molar-refractivity contribution in [3.05, 3.63) is 69.9 Å².